The minimum atomic E-state index is -0.966. The van der Waals surface area contributed by atoms with Gasteiger partial charge in [0, 0.05) is 56.9 Å². The molecule has 4 saturated heterocycles. The zero-order valence-electron chi connectivity index (χ0n) is 32.1. The van der Waals surface area contributed by atoms with Gasteiger partial charge in [-0.2, -0.15) is 36.3 Å². The number of fused-ring (bicyclic) bond motifs is 1. The number of anilines is 2. The van der Waals surface area contributed by atoms with E-state index in [-0.39, 0.29) is 54.3 Å². The molecule has 8 rings (SSSR count). The van der Waals surface area contributed by atoms with Crippen LogP contribution >= 0.6 is 11.6 Å². The molecule has 2 atom stereocenters. The van der Waals surface area contributed by atoms with Crippen LogP contribution in [0.3, 0.4) is 0 Å². The first-order valence-electron chi connectivity index (χ1n) is 19.0. The molecule has 5 aliphatic heterocycles. The van der Waals surface area contributed by atoms with Gasteiger partial charge in [0.05, 0.1) is 21.7 Å². The van der Waals surface area contributed by atoms with Gasteiger partial charge in [-0.05, 0) is 69.0 Å². The first-order chi connectivity index (χ1) is 26.5. The topological polar surface area (TPSA) is 126 Å². The van der Waals surface area contributed by atoms with E-state index in [1.54, 1.807) is 24.3 Å². The van der Waals surface area contributed by atoms with Gasteiger partial charge in [0.15, 0.2) is 0 Å². The van der Waals surface area contributed by atoms with E-state index in [0.29, 0.717) is 28.4 Å². The van der Waals surface area contributed by atoms with Gasteiger partial charge in [0.25, 0.3) is 11.8 Å². The predicted octanol–water partition coefficient (Wildman–Crippen LogP) is 2.87. The van der Waals surface area contributed by atoms with Gasteiger partial charge in [0.1, 0.15) is 24.0 Å². The van der Waals surface area contributed by atoms with Crippen LogP contribution in [0, 0.1) is 36.7 Å². The molecule has 3 aromatic carbocycles. The predicted molar refractivity (Wildman–Crippen MR) is 210 cm³/mol. The summed E-state index contributed by atoms with van der Waals surface area (Å²) < 4.78 is 6.13. The number of hydrogen-bond acceptors (Lipinski definition) is 9. The maximum Gasteiger partial charge on any atom is 1.00 e. The van der Waals surface area contributed by atoms with Gasteiger partial charge in [-0.1, -0.05) is 22.7 Å². The fraction of sp³-hybridized carbons (Fsp3) is 0.419. The van der Waals surface area contributed by atoms with Crippen molar-refractivity contribution in [1.29, 1.82) is 5.26 Å². The molecule has 0 bridgehead atoms. The van der Waals surface area contributed by atoms with Gasteiger partial charge in [-0.25, -0.2) is 0 Å². The molecule has 13 heteroatoms. The number of halogens is 1. The van der Waals surface area contributed by atoms with Gasteiger partial charge in [-0.3, -0.25) is 34.3 Å². The molecular weight excluding hydrogens is 723 g/mol. The van der Waals surface area contributed by atoms with Crippen LogP contribution < -0.4 is 38.7 Å². The number of nitriles is 1. The summed E-state index contributed by atoms with van der Waals surface area (Å²) in [7, 11) is 0. The number of imide groups is 2. The molecule has 1 N–H and O–H groups in total. The third-order valence-electron chi connectivity index (χ3n) is 11.9. The Balaban J connectivity index is 0.000000226. The molecule has 11 nitrogen and oxygen atoms in total. The van der Waals surface area contributed by atoms with E-state index in [4.69, 9.17) is 21.6 Å². The second-order valence-electron chi connectivity index (χ2n) is 15.3. The smallest absolute Gasteiger partial charge is 0.488 e. The van der Waals surface area contributed by atoms with E-state index in [0.717, 1.165) is 75.4 Å². The Kier molecular flexibility index (Phi) is 12.9. The molecule has 4 amide bonds. The van der Waals surface area contributed by atoms with Crippen LogP contribution in [0.15, 0.2) is 60.7 Å². The Labute approximate surface area is 346 Å². The molecule has 1 unspecified atom stereocenters. The van der Waals surface area contributed by atoms with Crippen LogP contribution in [0.1, 0.15) is 78.1 Å². The summed E-state index contributed by atoms with van der Waals surface area (Å²) >= 11 is 6.12. The Morgan fingerprint density at radius 2 is 1.64 bits per heavy atom. The van der Waals surface area contributed by atoms with Crippen LogP contribution in [0.5, 0.6) is 5.75 Å². The zero-order valence-corrected chi connectivity index (χ0v) is 32.9. The largest absolute Gasteiger partial charge is 1.00 e. The molecule has 0 aliphatic carbocycles. The van der Waals surface area contributed by atoms with Crippen molar-refractivity contribution in [2.24, 2.45) is 5.41 Å². The van der Waals surface area contributed by atoms with E-state index in [1.165, 1.54) is 5.69 Å². The standard InChI is InChI=1S/C27H27N4O5.C16H19ClN2.Li/c32-24-9-8-23(25(33)28-24)31-26(34)21-7-6-19(14-22(21)27(31)35)36-20-15-30(16-20)18-10-12-29(13-11-18)17-4-2-1-3-5-17;1-4-16(5-2)9-12(3)19(11-16)14-7-6-13(10-18)15(17)8-14;/h2-7,14,18,20,23H,8-13,15-16H2,(H,28,32,33);6-8,12H,1-2,4-5,9,11H2,3H3;/q-1;-2;+1/t;12-;/m.0./s1. The maximum absolute atomic E-state index is 13.0. The van der Waals surface area contributed by atoms with Crippen LogP contribution in [-0.4, -0.2) is 90.4 Å². The maximum atomic E-state index is 13.0. The van der Waals surface area contributed by atoms with Crippen LogP contribution in [0.4, 0.5) is 11.4 Å². The van der Waals surface area contributed by atoms with Crippen molar-refractivity contribution in [2.45, 2.75) is 76.1 Å². The zero-order chi connectivity index (χ0) is 38.9. The van der Waals surface area contributed by atoms with E-state index >= 15 is 0 Å². The molecular formula is C43H46ClLiN6O5-2. The Morgan fingerprint density at radius 1 is 0.946 bits per heavy atom. The minimum absolute atomic E-state index is 0. The van der Waals surface area contributed by atoms with Gasteiger partial charge in [0.2, 0.25) is 11.8 Å². The molecule has 0 radical (unpaired) electrons. The van der Waals surface area contributed by atoms with Crippen LogP contribution in [0.2, 0.25) is 5.02 Å². The molecule has 4 fully saturated rings. The third-order valence-corrected chi connectivity index (χ3v) is 12.2. The Morgan fingerprint density at radius 3 is 2.27 bits per heavy atom. The fourth-order valence-corrected chi connectivity index (χ4v) is 8.78. The number of piperidine rings is 2. The molecule has 3 aromatic rings. The molecule has 5 aliphatic rings. The normalized spacial score (nSPS) is 22.4. The molecule has 0 saturated carbocycles. The SMILES string of the molecule is O=C1CCC(N2C(=O)c3ccc(OC4CN(C5CCN(c6cc[c-]cc6)CC5)C4)cc3C2=O)C(=O)N1.[CH2-]CC1(C[CH2-])C[C@H](C)N(c2ccc(C#N)c(Cl)c2)C1.[Li+]. The van der Waals surface area contributed by atoms with Gasteiger partial charge < -0.3 is 28.4 Å². The van der Waals surface area contributed by atoms with Crippen LogP contribution in [-0.2, 0) is 9.59 Å². The van der Waals surface area contributed by atoms with Crippen molar-refractivity contribution < 1.29 is 42.8 Å². The number of benzene rings is 3. The van der Waals surface area contributed by atoms with Crippen molar-refractivity contribution in [3.63, 3.8) is 0 Å². The number of ether oxygens (including phenoxy) is 1. The summed E-state index contributed by atoms with van der Waals surface area (Å²) in [6.45, 7) is 15.1. The van der Waals surface area contributed by atoms with Crippen LogP contribution in [0.25, 0.3) is 0 Å². The number of hydrogen-bond donors (Lipinski definition) is 1. The summed E-state index contributed by atoms with van der Waals surface area (Å²) in [6.07, 6.45) is 5.40. The van der Waals surface area contributed by atoms with Crippen molar-refractivity contribution in [2.75, 3.05) is 42.5 Å². The quantitative estimate of drug-likeness (QED) is 0.209. The van der Waals surface area contributed by atoms with E-state index < -0.39 is 29.7 Å². The Hall–Kier alpha value is -4.32. The first-order valence-corrected chi connectivity index (χ1v) is 19.4. The number of nitrogens with one attached hydrogen (secondary N) is 1. The average molecular weight is 769 g/mol. The van der Waals surface area contributed by atoms with Crippen molar-refractivity contribution in [3.05, 3.63) is 102 Å². The molecule has 56 heavy (non-hydrogen) atoms. The molecule has 0 aromatic heterocycles. The summed E-state index contributed by atoms with van der Waals surface area (Å²) in [5, 5.41) is 11.7. The summed E-state index contributed by atoms with van der Waals surface area (Å²) in [6, 6.07) is 23.8. The molecule has 0 spiro atoms. The minimum Gasteiger partial charge on any atom is -0.488 e. The van der Waals surface area contributed by atoms with Crippen molar-refractivity contribution in [3.8, 4) is 11.8 Å². The van der Waals surface area contributed by atoms with Gasteiger partial charge >= 0.3 is 18.9 Å². The number of nitrogens with zero attached hydrogens (tertiary/aromatic N) is 5. The molecule has 5 heterocycles. The second kappa shape index (κ2) is 17.4. The number of rotatable bonds is 8. The summed E-state index contributed by atoms with van der Waals surface area (Å²) in [5.74, 6) is -1.49. The van der Waals surface area contributed by atoms with Crippen molar-refractivity contribution in [1.82, 2.24) is 15.1 Å². The van der Waals surface area contributed by atoms with Crippen molar-refractivity contribution >= 4 is 46.6 Å². The van der Waals surface area contributed by atoms with E-state index in [2.05, 4.69) is 65.1 Å². The Bertz CT molecular complexity index is 1990. The summed E-state index contributed by atoms with van der Waals surface area (Å²) in [5.41, 5.74) is 3.57. The van der Waals surface area contributed by atoms with Gasteiger partial charge in [-0.15, -0.1) is 12.1 Å². The number of carbonyl (C=O) groups is 4. The number of amides is 4. The second-order valence-corrected chi connectivity index (χ2v) is 15.7. The fourth-order valence-electron chi connectivity index (χ4n) is 8.56. The third kappa shape index (κ3) is 8.36. The number of carbonyl (C=O) groups excluding carboxylic acids is 4. The monoisotopic (exact) mass is 768 g/mol. The first kappa shape index (κ1) is 41.3. The average Bonchev–Trinajstić information content (AvgIpc) is 3.65. The molecule has 288 valence electrons. The summed E-state index contributed by atoms with van der Waals surface area (Å²) in [4.78, 5) is 57.7. The van der Waals surface area contributed by atoms with E-state index in [9.17, 15) is 19.2 Å². The number of likely N-dealkylation sites (tertiary alicyclic amines) is 1. The van der Waals surface area contributed by atoms with E-state index in [1.807, 2.05) is 24.3 Å².